The van der Waals surface area contributed by atoms with Gasteiger partial charge in [0.2, 0.25) is 0 Å². The summed E-state index contributed by atoms with van der Waals surface area (Å²) in [6.07, 6.45) is 0. The molecule has 0 amide bonds. The molecule has 0 spiro atoms. The van der Waals surface area contributed by atoms with Crippen molar-refractivity contribution >= 4 is 21.8 Å². The van der Waals surface area contributed by atoms with Crippen LogP contribution in [-0.4, -0.2) is 30.8 Å². The van der Waals surface area contributed by atoms with E-state index < -0.39 is 21.8 Å². The van der Waals surface area contributed by atoms with Crippen LogP contribution in [0.15, 0.2) is 0 Å². The number of hydrogen-bond donors (Lipinski definition) is 2. The second kappa shape index (κ2) is 11.4. The molecule has 0 bridgehead atoms. The van der Waals surface area contributed by atoms with E-state index in [1.54, 1.807) is 0 Å². The maximum Gasteiger partial charge on any atom is 1.00 e. The molecule has 0 aromatic rings. The van der Waals surface area contributed by atoms with Crippen LogP contribution in [0.1, 0.15) is 0 Å². The molecule has 7 nitrogen and oxygen atoms in total. The molecule has 0 heterocycles. The third kappa shape index (κ3) is 502. The zero-order chi connectivity index (χ0) is 8.08. The predicted molar refractivity (Wildman–Crippen MR) is 23.9 cm³/mol. The molecule has 0 aromatic carbocycles. The first-order chi connectivity index (χ1) is 3.73. The van der Waals surface area contributed by atoms with Gasteiger partial charge < -0.3 is 9.11 Å². The van der Waals surface area contributed by atoms with E-state index in [-0.39, 0.29) is 44.8 Å². The van der Waals surface area contributed by atoms with Gasteiger partial charge in [-0.1, -0.05) is 0 Å². The van der Waals surface area contributed by atoms with Crippen LogP contribution >= 0.6 is 0 Å². The first-order valence-electron chi connectivity index (χ1n) is 1.20. The van der Waals surface area contributed by atoms with Gasteiger partial charge in [0.05, 0.1) is 0 Å². The molecular weight excluding hydrogens is 392 g/mol. The van der Waals surface area contributed by atoms with E-state index in [9.17, 15) is 0 Å². The summed E-state index contributed by atoms with van der Waals surface area (Å²) in [7, 11) is -5.17. The summed E-state index contributed by atoms with van der Waals surface area (Å²) in [5.74, 6) is 0. The van der Waals surface area contributed by atoms with Gasteiger partial charge in [-0.2, -0.15) is 4.21 Å². The van der Waals surface area contributed by atoms with E-state index >= 15 is 0 Å². The van der Waals surface area contributed by atoms with Crippen molar-refractivity contribution in [3.8, 4) is 0 Å². The van der Waals surface area contributed by atoms with Crippen LogP contribution in [0.25, 0.3) is 0 Å². The van der Waals surface area contributed by atoms with Crippen LogP contribution in [0, 0.1) is 0 Å². The Balaban J connectivity index is -0.0000000383. The Morgan fingerprint density at radius 1 is 1.09 bits per heavy atom. The first kappa shape index (κ1) is 22.8. The molecule has 0 atom stereocenters. The number of rotatable bonds is 0. The fraction of sp³-hybridized carbons (Fsp3) is 0. The Bertz CT molecular complexity index is 157. The van der Waals surface area contributed by atoms with Crippen LogP contribution in [0.4, 0.5) is 0 Å². The second-order valence-corrected chi connectivity index (χ2v) is 1.92. The molecular formula is H2Ag2O7S2. The summed E-state index contributed by atoms with van der Waals surface area (Å²) >= 11 is -2.61. The fourth-order valence-electron chi connectivity index (χ4n) is 0. The summed E-state index contributed by atoms with van der Waals surface area (Å²) in [5.41, 5.74) is 0. The summed E-state index contributed by atoms with van der Waals surface area (Å²) in [6.45, 7) is 0. The quantitative estimate of drug-likeness (QED) is 0.217. The summed E-state index contributed by atoms with van der Waals surface area (Å²) in [4.78, 5) is 0. The smallest absolute Gasteiger partial charge is 0.759 e. The van der Waals surface area contributed by atoms with Gasteiger partial charge in [0.1, 0.15) is 0 Å². The van der Waals surface area contributed by atoms with Crippen LogP contribution in [0.2, 0.25) is 0 Å². The van der Waals surface area contributed by atoms with E-state index in [1.807, 2.05) is 0 Å². The molecule has 11 heteroatoms. The molecule has 0 unspecified atom stereocenters. The third-order valence-corrected chi connectivity index (χ3v) is 0. The molecule has 0 saturated heterocycles. The zero-order valence-electron chi connectivity index (χ0n) is 4.36. The van der Waals surface area contributed by atoms with Crippen molar-refractivity contribution in [2.75, 3.05) is 0 Å². The number of hydrogen-bond acceptors (Lipinski definition) is 5. The average molecular weight is 394 g/mol. The minimum absolute atomic E-state index is 0. The van der Waals surface area contributed by atoms with Crippen LogP contribution < -0.4 is 0 Å². The van der Waals surface area contributed by atoms with Crippen molar-refractivity contribution in [2.45, 2.75) is 0 Å². The fourth-order valence-corrected chi connectivity index (χ4v) is 0. The van der Waals surface area contributed by atoms with E-state index in [4.69, 9.17) is 30.8 Å². The maximum absolute atomic E-state index is 8.67. The molecule has 0 saturated carbocycles. The van der Waals surface area contributed by atoms with Crippen molar-refractivity contribution in [1.82, 2.24) is 0 Å². The molecule has 78 valence electrons. The molecule has 11 heavy (non-hydrogen) atoms. The van der Waals surface area contributed by atoms with E-state index in [2.05, 4.69) is 0 Å². The Morgan fingerprint density at radius 2 is 1.09 bits per heavy atom. The van der Waals surface area contributed by atoms with Gasteiger partial charge >= 0.3 is 44.8 Å². The van der Waals surface area contributed by atoms with E-state index in [1.165, 1.54) is 0 Å². The Labute approximate surface area is 96.7 Å². The van der Waals surface area contributed by atoms with Crippen molar-refractivity contribution in [3.05, 3.63) is 0 Å². The predicted octanol–water partition coefficient (Wildman–Crippen LogP) is -1.66. The standard InChI is InChI=1S/2Ag.H2O4S.H2O3S/c;;1-5(2,3)4;1-4(2)3/h;;(H2,1,2,3,4);(H2,1,2,3)/q2*+1;;/p-2. The molecule has 0 aliphatic heterocycles. The monoisotopic (exact) mass is 392 g/mol. The minimum Gasteiger partial charge on any atom is -0.759 e. The van der Waals surface area contributed by atoms with Gasteiger partial charge in [0.25, 0.3) is 11.4 Å². The second-order valence-electron chi connectivity index (χ2n) is 0.639. The Kier molecular flexibility index (Phi) is 23.7. The van der Waals surface area contributed by atoms with Crippen molar-refractivity contribution in [1.29, 1.82) is 0 Å². The maximum atomic E-state index is 8.67. The van der Waals surface area contributed by atoms with Gasteiger partial charge in [0, 0.05) is 10.4 Å². The molecule has 0 aliphatic rings. The van der Waals surface area contributed by atoms with Gasteiger partial charge in [0.15, 0.2) is 0 Å². The van der Waals surface area contributed by atoms with E-state index in [0.29, 0.717) is 0 Å². The molecule has 0 aromatic heterocycles. The van der Waals surface area contributed by atoms with Crippen molar-refractivity contribution in [3.63, 3.8) is 0 Å². The molecule has 0 fully saturated rings. The zero-order valence-corrected chi connectivity index (χ0v) is 8.95. The topological polar surface area (TPSA) is 138 Å². The summed E-state index contributed by atoms with van der Waals surface area (Å²) < 4.78 is 56.9. The van der Waals surface area contributed by atoms with Gasteiger partial charge in [-0.05, 0) is 0 Å². The van der Waals surface area contributed by atoms with Gasteiger partial charge in [-0.25, -0.2) is 0 Å². The normalized spacial score (nSPS) is 8.45. The van der Waals surface area contributed by atoms with Crippen LogP contribution in [-0.2, 0) is 66.5 Å². The van der Waals surface area contributed by atoms with Gasteiger partial charge in [-0.3, -0.25) is 17.5 Å². The largest absolute Gasteiger partial charge is 1.00 e. The molecule has 0 aliphatic carbocycles. The molecule has 2 N–H and O–H groups in total. The summed E-state index contributed by atoms with van der Waals surface area (Å²) in [6, 6.07) is 0. The third-order valence-electron chi connectivity index (χ3n) is 0. The van der Waals surface area contributed by atoms with Crippen LogP contribution in [0.5, 0.6) is 0 Å². The van der Waals surface area contributed by atoms with Crippen molar-refractivity contribution < 1.29 is 75.6 Å². The average Bonchev–Trinajstić information content (AvgIpc) is 1.19. The van der Waals surface area contributed by atoms with E-state index in [0.717, 1.165) is 0 Å². The van der Waals surface area contributed by atoms with Crippen LogP contribution in [0.3, 0.4) is 0 Å². The Hall–Kier alpha value is 1.42. The summed E-state index contributed by atoms with van der Waals surface area (Å²) in [5, 5.41) is 0. The SMILES string of the molecule is O=S(=O)([O-])[O-].O=S(O)O.[Ag+].[Ag+]. The molecule has 0 radical (unpaired) electrons. The van der Waals surface area contributed by atoms with Crippen molar-refractivity contribution in [2.24, 2.45) is 0 Å². The minimum atomic E-state index is -5.17. The Morgan fingerprint density at radius 3 is 1.09 bits per heavy atom. The first-order valence-corrected chi connectivity index (χ1v) is 3.60. The molecule has 0 rings (SSSR count). The van der Waals surface area contributed by atoms with Gasteiger partial charge in [-0.15, -0.1) is 0 Å².